The van der Waals surface area contributed by atoms with Gasteiger partial charge in [0.15, 0.2) is 6.61 Å². The predicted molar refractivity (Wildman–Crippen MR) is 61.2 cm³/mol. The summed E-state index contributed by atoms with van der Waals surface area (Å²) < 4.78 is 9.86. The molecule has 0 bridgehead atoms. The Morgan fingerprint density at radius 3 is 2.75 bits per heavy atom. The number of benzene rings is 1. The summed E-state index contributed by atoms with van der Waals surface area (Å²) >= 11 is 0. The highest BCUT2D eigenvalue weighted by Crippen LogP contribution is 2.25. The number of para-hydroxylation sites is 1. The number of esters is 1. The molecule has 0 fully saturated rings. The molecule has 0 amide bonds. The molecule has 0 aliphatic carbocycles. The minimum Gasteiger partial charge on any atom is -0.482 e. The molecule has 0 unspecified atom stereocenters. The topological polar surface area (TPSA) is 61.5 Å². The Kier molecular flexibility index (Phi) is 4.79. The van der Waals surface area contributed by atoms with Gasteiger partial charge in [-0.2, -0.15) is 0 Å². The van der Waals surface area contributed by atoms with E-state index in [1.54, 1.807) is 6.07 Å². The zero-order chi connectivity index (χ0) is 12.0. The fraction of sp³-hybridized carbons (Fsp3) is 0.417. The molecular weight excluding hydrogens is 206 g/mol. The van der Waals surface area contributed by atoms with E-state index in [1.807, 2.05) is 25.1 Å². The number of carbonyl (C=O) groups excluding carboxylic acids is 1. The Hall–Kier alpha value is -1.55. The van der Waals surface area contributed by atoms with Crippen LogP contribution in [-0.2, 0) is 9.53 Å². The molecule has 0 aliphatic heterocycles. The largest absolute Gasteiger partial charge is 0.482 e. The zero-order valence-electron chi connectivity index (χ0n) is 9.60. The van der Waals surface area contributed by atoms with Crippen molar-refractivity contribution in [3.63, 3.8) is 0 Å². The number of hydrogen-bond acceptors (Lipinski definition) is 4. The fourth-order valence-electron chi connectivity index (χ4n) is 1.33. The van der Waals surface area contributed by atoms with E-state index in [-0.39, 0.29) is 12.6 Å². The van der Waals surface area contributed by atoms with Gasteiger partial charge in [0.25, 0.3) is 0 Å². The van der Waals surface area contributed by atoms with Crippen molar-refractivity contribution in [2.75, 3.05) is 13.7 Å². The van der Waals surface area contributed by atoms with Crippen molar-refractivity contribution in [1.82, 2.24) is 0 Å². The van der Waals surface area contributed by atoms with Crippen LogP contribution in [0.3, 0.4) is 0 Å². The van der Waals surface area contributed by atoms with Gasteiger partial charge in [-0.15, -0.1) is 0 Å². The van der Waals surface area contributed by atoms with Crippen molar-refractivity contribution in [3.05, 3.63) is 29.8 Å². The van der Waals surface area contributed by atoms with Crippen LogP contribution in [0.5, 0.6) is 5.75 Å². The van der Waals surface area contributed by atoms with E-state index in [2.05, 4.69) is 4.74 Å². The number of methoxy groups -OCH3 is 1. The van der Waals surface area contributed by atoms with Gasteiger partial charge in [-0.05, 0) is 12.5 Å². The van der Waals surface area contributed by atoms with Crippen LogP contribution in [0.4, 0.5) is 0 Å². The summed E-state index contributed by atoms with van der Waals surface area (Å²) in [5.74, 6) is 0.238. The molecule has 0 radical (unpaired) electrons. The molecule has 4 nitrogen and oxygen atoms in total. The van der Waals surface area contributed by atoms with E-state index in [4.69, 9.17) is 10.5 Å². The maximum absolute atomic E-state index is 11.0. The predicted octanol–water partition coefficient (Wildman–Crippen LogP) is 1.65. The first-order valence-corrected chi connectivity index (χ1v) is 5.23. The lowest BCUT2D eigenvalue weighted by atomic mass is 10.0. The van der Waals surface area contributed by atoms with Crippen LogP contribution in [-0.4, -0.2) is 19.7 Å². The Morgan fingerprint density at radius 1 is 1.44 bits per heavy atom. The maximum atomic E-state index is 11.0. The second-order valence-corrected chi connectivity index (χ2v) is 3.42. The Labute approximate surface area is 95.3 Å². The molecule has 88 valence electrons. The summed E-state index contributed by atoms with van der Waals surface area (Å²) in [7, 11) is 1.33. The molecule has 0 heterocycles. The Balaban J connectivity index is 2.75. The molecule has 1 atom stereocenters. The zero-order valence-corrected chi connectivity index (χ0v) is 9.60. The standard InChI is InChI=1S/C12H17NO3/c1-3-10(13)9-6-4-5-7-11(9)16-8-12(14)15-2/h4-7,10H,3,8,13H2,1-2H3/t10-/m0/s1. The monoisotopic (exact) mass is 223 g/mol. The molecule has 0 saturated carbocycles. The minimum absolute atomic E-state index is 0.0751. The lowest BCUT2D eigenvalue weighted by molar-refractivity contribution is -0.142. The second-order valence-electron chi connectivity index (χ2n) is 3.42. The molecule has 0 saturated heterocycles. The van der Waals surface area contributed by atoms with Crippen LogP contribution in [0.2, 0.25) is 0 Å². The van der Waals surface area contributed by atoms with E-state index in [9.17, 15) is 4.79 Å². The van der Waals surface area contributed by atoms with Gasteiger partial charge >= 0.3 is 5.97 Å². The lowest BCUT2D eigenvalue weighted by Crippen LogP contribution is -2.15. The SMILES string of the molecule is CC[C@H](N)c1ccccc1OCC(=O)OC. The summed E-state index contributed by atoms with van der Waals surface area (Å²) in [5, 5.41) is 0. The van der Waals surface area contributed by atoms with E-state index in [0.717, 1.165) is 12.0 Å². The molecule has 1 aromatic carbocycles. The molecule has 1 aromatic rings. The van der Waals surface area contributed by atoms with Gasteiger partial charge in [0.1, 0.15) is 5.75 Å². The normalized spacial score (nSPS) is 11.9. The number of rotatable bonds is 5. The van der Waals surface area contributed by atoms with Crippen LogP contribution in [0.25, 0.3) is 0 Å². The number of nitrogens with two attached hydrogens (primary N) is 1. The summed E-state index contributed by atoms with van der Waals surface area (Å²) in [4.78, 5) is 11.0. The second kappa shape index (κ2) is 6.12. The highest BCUT2D eigenvalue weighted by Gasteiger charge is 2.11. The summed E-state index contributed by atoms with van der Waals surface area (Å²) in [6, 6.07) is 7.37. The third-order valence-electron chi connectivity index (χ3n) is 2.33. The first-order valence-electron chi connectivity index (χ1n) is 5.23. The van der Waals surface area contributed by atoms with Crippen molar-refractivity contribution in [1.29, 1.82) is 0 Å². The van der Waals surface area contributed by atoms with E-state index < -0.39 is 5.97 Å². The van der Waals surface area contributed by atoms with Gasteiger partial charge < -0.3 is 15.2 Å². The third-order valence-corrected chi connectivity index (χ3v) is 2.33. The van der Waals surface area contributed by atoms with Gasteiger partial charge in [-0.25, -0.2) is 4.79 Å². The van der Waals surface area contributed by atoms with Gasteiger partial charge in [-0.1, -0.05) is 25.1 Å². The summed E-state index contributed by atoms with van der Waals surface area (Å²) in [6.07, 6.45) is 0.818. The molecule has 0 aliphatic rings. The molecule has 16 heavy (non-hydrogen) atoms. The Morgan fingerprint density at radius 2 is 2.12 bits per heavy atom. The van der Waals surface area contributed by atoms with Gasteiger partial charge in [0.2, 0.25) is 0 Å². The molecule has 0 aromatic heterocycles. The highest BCUT2D eigenvalue weighted by molar-refractivity contribution is 5.70. The molecular formula is C12H17NO3. The van der Waals surface area contributed by atoms with Crippen molar-refractivity contribution in [2.45, 2.75) is 19.4 Å². The van der Waals surface area contributed by atoms with Crippen molar-refractivity contribution in [2.24, 2.45) is 5.73 Å². The van der Waals surface area contributed by atoms with Crippen molar-refractivity contribution < 1.29 is 14.3 Å². The Bertz CT molecular complexity index is 352. The van der Waals surface area contributed by atoms with Crippen molar-refractivity contribution in [3.8, 4) is 5.75 Å². The molecule has 2 N–H and O–H groups in total. The number of ether oxygens (including phenoxy) is 2. The highest BCUT2D eigenvalue weighted by atomic mass is 16.6. The van der Waals surface area contributed by atoms with Crippen molar-refractivity contribution >= 4 is 5.97 Å². The number of carbonyl (C=O) groups is 1. The van der Waals surface area contributed by atoms with E-state index in [1.165, 1.54) is 7.11 Å². The number of hydrogen-bond donors (Lipinski definition) is 1. The maximum Gasteiger partial charge on any atom is 0.343 e. The fourth-order valence-corrected chi connectivity index (χ4v) is 1.33. The average Bonchev–Trinajstić information content (AvgIpc) is 2.35. The van der Waals surface area contributed by atoms with E-state index in [0.29, 0.717) is 5.75 Å². The minimum atomic E-state index is -0.403. The molecule has 4 heteroatoms. The van der Waals surface area contributed by atoms with Gasteiger partial charge in [0.05, 0.1) is 7.11 Å². The lowest BCUT2D eigenvalue weighted by Gasteiger charge is -2.14. The van der Waals surface area contributed by atoms with Gasteiger partial charge in [0, 0.05) is 11.6 Å². The van der Waals surface area contributed by atoms with Crippen LogP contribution in [0.15, 0.2) is 24.3 Å². The summed E-state index contributed by atoms with van der Waals surface area (Å²) in [6.45, 7) is 1.91. The third kappa shape index (κ3) is 3.24. The van der Waals surface area contributed by atoms with E-state index >= 15 is 0 Å². The van der Waals surface area contributed by atoms with Crippen LogP contribution in [0, 0.1) is 0 Å². The van der Waals surface area contributed by atoms with Crippen LogP contribution in [0.1, 0.15) is 24.9 Å². The average molecular weight is 223 g/mol. The first kappa shape index (κ1) is 12.5. The smallest absolute Gasteiger partial charge is 0.343 e. The molecule has 0 spiro atoms. The quantitative estimate of drug-likeness (QED) is 0.771. The summed E-state index contributed by atoms with van der Waals surface area (Å²) in [5.41, 5.74) is 6.85. The molecule has 1 rings (SSSR count). The van der Waals surface area contributed by atoms with Gasteiger partial charge in [-0.3, -0.25) is 0 Å². The van der Waals surface area contributed by atoms with Crippen LogP contribution >= 0.6 is 0 Å². The van der Waals surface area contributed by atoms with Crippen LogP contribution < -0.4 is 10.5 Å². The first-order chi connectivity index (χ1) is 7.69.